The highest BCUT2D eigenvalue weighted by molar-refractivity contribution is 8.00. The fraction of sp³-hybridized carbons (Fsp3) is 0.154. The molecule has 35 heavy (non-hydrogen) atoms. The summed E-state index contributed by atoms with van der Waals surface area (Å²) >= 11 is 4.57. The first-order valence-electron chi connectivity index (χ1n) is 11.0. The summed E-state index contributed by atoms with van der Waals surface area (Å²) in [5.74, 6) is 1.15. The second-order valence-electron chi connectivity index (χ2n) is 7.89. The zero-order chi connectivity index (χ0) is 24.0. The van der Waals surface area contributed by atoms with Crippen molar-refractivity contribution in [3.8, 4) is 0 Å². The van der Waals surface area contributed by atoms with Crippen LogP contribution in [0.3, 0.4) is 0 Å². The molecule has 0 bridgehead atoms. The van der Waals surface area contributed by atoms with Gasteiger partial charge in [-0.1, -0.05) is 95.9 Å². The lowest BCUT2D eigenvalue weighted by Crippen LogP contribution is -2.27. The summed E-state index contributed by atoms with van der Waals surface area (Å²) in [5.41, 5.74) is 3.85. The monoisotopic (exact) mass is 518 g/mol. The standard InChI is InChI=1S/C26H22N4O2S3/c31-22-17-33-24(30(22)15-18-7-3-1-4-8-18)21-13-11-20(12-14-21)23(32)27-25-28-29-26(35-25)34-16-19-9-5-2-6-10-19/h1-14,24H,15-17H2,(H,27,28,32)/t24-/m1/s1. The maximum atomic E-state index is 12.7. The minimum Gasteiger partial charge on any atom is -0.322 e. The summed E-state index contributed by atoms with van der Waals surface area (Å²) in [6.45, 7) is 0.571. The Balaban J connectivity index is 1.20. The van der Waals surface area contributed by atoms with Gasteiger partial charge in [0.25, 0.3) is 5.91 Å². The number of hydrogen-bond donors (Lipinski definition) is 1. The van der Waals surface area contributed by atoms with Crippen LogP contribution in [-0.2, 0) is 17.1 Å². The van der Waals surface area contributed by atoms with Crippen LogP contribution in [0.25, 0.3) is 0 Å². The molecule has 4 aromatic rings. The molecule has 9 heteroatoms. The molecule has 0 radical (unpaired) electrons. The predicted octanol–water partition coefficient (Wildman–Crippen LogP) is 5.86. The van der Waals surface area contributed by atoms with Crippen molar-refractivity contribution in [3.05, 3.63) is 107 Å². The number of carbonyl (C=O) groups is 2. The molecule has 0 aliphatic carbocycles. The van der Waals surface area contributed by atoms with Crippen LogP contribution in [0, 0.1) is 0 Å². The van der Waals surface area contributed by atoms with E-state index in [1.165, 1.54) is 16.9 Å². The summed E-state index contributed by atoms with van der Waals surface area (Å²) in [7, 11) is 0. The Morgan fingerprint density at radius 1 is 0.943 bits per heavy atom. The Bertz CT molecular complexity index is 1300. The molecule has 6 nitrogen and oxygen atoms in total. The maximum absolute atomic E-state index is 12.7. The van der Waals surface area contributed by atoms with Crippen molar-refractivity contribution in [2.75, 3.05) is 11.1 Å². The van der Waals surface area contributed by atoms with Crippen LogP contribution in [-0.4, -0.2) is 32.7 Å². The number of hydrogen-bond acceptors (Lipinski definition) is 7. The summed E-state index contributed by atoms with van der Waals surface area (Å²) in [5, 5.41) is 11.5. The van der Waals surface area contributed by atoms with Crippen molar-refractivity contribution in [2.24, 2.45) is 0 Å². The summed E-state index contributed by atoms with van der Waals surface area (Å²) in [6, 6.07) is 27.6. The van der Waals surface area contributed by atoms with Crippen LogP contribution in [0.15, 0.2) is 89.3 Å². The molecule has 3 aromatic carbocycles. The molecule has 2 heterocycles. The minimum absolute atomic E-state index is 0.0628. The number of rotatable bonds is 8. The van der Waals surface area contributed by atoms with Gasteiger partial charge < -0.3 is 4.90 Å². The quantitative estimate of drug-likeness (QED) is 0.233. The molecule has 0 saturated carbocycles. The first-order chi connectivity index (χ1) is 17.2. The molecule has 1 aliphatic heterocycles. The summed E-state index contributed by atoms with van der Waals surface area (Å²) in [6.07, 6.45) is 0. The number of amides is 2. The van der Waals surface area contributed by atoms with Crippen LogP contribution in [0.5, 0.6) is 0 Å². The van der Waals surface area contributed by atoms with E-state index in [2.05, 4.69) is 27.6 Å². The van der Waals surface area contributed by atoms with Crippen LogP contribution in [0.2, 0.25) is 0 Å². The van der Waals surface area contributed by atoms with Crippen LogP contribution in [0.4, 0.5) is 5.13 Å². The zero-order valence-electron chi connectivity index (χ0n) is 18.7. The molecule has 176 valence electrons. The van der Waals surface area contributed by atoms with Crippen molar-refractivity contribution in [1.29, 1.82) is 0 Å². The van der Waals surface area contributed by atoms with Crippen LogP contribution >= 0.6 is 34.9 Å². The van der Waals surface area contributed by atoms with E-state index in [1.54, 1.807) is 35.7 Å². The van der Waals surface area contributed by atoms with Gasteiger partial charge in [-0.2, -0.15) is 0 Å². The number of benzene rings is 3. The normalized spacial score (nSPS) is 15.4. The largest absolute Gasteiger partial charge is 0.322 e. The lowest BCUT2D eigenvalue weighted by molar-refractivity contribution is -0.128. The molecular formula is C26H22N4O2S3. The van der Waals surface area contributed by atoms with Crippen molar-refractivity contribution in [1.82, 2.24) is 15.1 Å². The highest BCUT2D eigenvalue weighted by Gasteiger charge is 2.32. The molecule has 2 amide bonds. The van der Waals surface area contributed by atoms with E-state index in [4.69, 9.17) is 0 Å². The number of thioether (sulfide) groups is 2. The third kappa shape index (κ3) is 5.93. The average molecular weight is 519 g/mol. The van der Waals surface area contributed by atoms with E-state index in [-0.39, 0.29) is 17.2 Å². The first-order valence-corrected chi connectivity index (χ1v) is 13.9. The summed E-state index contributed by atoms with van der Waals surface area (Å²) < 4.78 is 0.806. The summed E-state index contributed by atoms with van der Waals surface area (Å²) in [4.78, 5) is 27.1. The van der Waals surface area contributed by atoms with Gasteiger partial charge in [0.1, 0.15) is 5.37 Å². The van der Waals surface area contributed by atoms with E-state index in [0.717, 1.165) is 21.2 Å². The Kier molecular flexibility index (Phi) is 7.46. The molecule has 1 fully saturated rings. The van der Waals surface area contributed by atoms with E-state index in [9.17, 15) is 9.59 Å². The first kappa shape index (κ1) is 23.6. The van der Waals surface area contributed by atoms with Gasteiger partial charge in [-0.05, 0) is 28.8 Å². The smallest absolute Gasteiger partial charge is 0.257 e. The fourth-order valence-electron chi connectivity index (χ4n) is 3.69. The van der Waals surface area contributed by atoms with E-state index >= 15 is 0 Å². The van der Waals surface area contributed by atoms with Gasteiger partial charge in [0, 0.05) is 17.9 Å². The highest BCUT2D eigenvalue weighted by atomic mass is 32.2. The molecular weight excluding hydrogens is 497 g/mol. The molecule has 1 aromatic heterocycles. The number of nitrogens with one attached hydrogen (secondary N) is 1. The maximum Gasteiger partial charge on any atom is 0.257 e. The minimum atomic E-state index is -0.233. The van der Waals surface area contributed by atoms with E-state index < -0.39 is 0 Å². The SMILES string of the molecule is O=C(Nc1nnc(SCc2ccccc2)s1)c1ccc([C@H]2SCC(=O)N2Cc2ccccc2)cc1. The number of carbonyl (C=O) groups excluding carboxylic acids is 2. The van der Waals surface area contributed by atoms with Gasteiger partial charge in [0.2, 0.25) is 11.0 Å². The second-order valence-corrected chi connectivity index (χ2v) is 11.2. The molecule has 1 atom stereocenters. The topological polar surface area (TPSA) is 75.2 Å². The number of anilines is 1. The molecule has 5 rings (SSSR count). The van der Waals surface area contributed by atoms with Crippen molar-refractivity contribution in [2.45, 2.75) is 22.0 Å². The molecule has 1 N–H and O–H groups in total. The lowest BCUT2D eigenvalue weighted by Gasteiger charge is -2.24. The van der Waals surface area contributed by atoms with Crippen molar-refractivity contribution >= 4 is 51.8 Å². The third-order valence-electron chi connectivity index (χ3n) is 5.45. The van der Waals surface area contributed by atoms with E-state index in [1.807, 2.05) is 65.6 Å². The van der Waals surface area contributed by atoms with E-state index in [0.29, 0.717) is 23.0 Å². The Morgan fingerprint density at radius 3 is 2.34 bits per heavy atom. The second kappa shape index (κ2) is 11.1. The molecule has 1 saturated heterocycles. The van der Waals surface area contributed by atoms with Gasteiger partial charge in [0.15, 0.2) is 4.34 Å². The Hall–Kier alpha value is -3.14. The number of aromatic nitrogens is 2. The fourth-order valence-corrected chi connectivity index (χ4v) is 6.58. The Morgan fingerprint density at radius 2 is 1.63 bits per heavy atom. The molecule has 1 aliphatic rings. The van der Waals surface area contributed by atoms with Crippen LogP contribution in [0.1, 0.15) is 32.4 Å². The number of nitrogens with zero attached hydrogens (tertiary/aromatic N) is 3. The van der Waals surface area contributed by atoms with Gasteiger partial charge in [-0.15, -0.1) is 22.0 Å². The molecule has 0 spiro atoms. The van der Waals surface area contributed by atoms with Crippen molar-refractivity contribution in [3.63, 3.8) is 0 Å². The van der Waals surface area contributed by atoms with Gasteiger partial charge in [-0.25, -0.2) is 0 Å². The average Bonchev–Trinajstić information content (AvgIpc) is 3.50. The van der Waals surface area contributed by atoms with Crippen molar-refractivity contribution < 1.29 is 9.59 Å². The predicted molar refractivity (Wildman–Crippen MR) is 142 cm³/mol. The van der Waals surface area contributed by atoms with Gasteiger partial charge >= 0.3 is 0 Å². The third-order valence-corrected chi connectivity index (χ3v) is 8.75. The zero-order valence-corrected chi connectivity index (χ0v) is 21.1. The Labute approximate surface area is 216 Å². The van der Waals surface area contributed by atoms with Crippen LogP contribution < -0.4 is 5.32 Å². The van der Waals surface area contributed by atoms with Gasteiger partial charge in [0.05, 0.1) is 5.75 Å². The highest BCUT2D eigenvalue weighted by Crippen LogP contribution is 2.39. The molecule has 0 unspecified atom stereocenters. The van der Waals surface area contributed by atoms with Gasteiger partial charge in [-0.3, -0.25) is 14.9 Å². The lowest BCUT2D eigenvalue weighted by atomic mass is 10.1.